The Labute approximate surface area is 350 Å². The van der Waals surface area contributed by atoms with E-state index in [1.807, 2.05) is 0 Å². The maximum atomic E-state index is 13.2. The molecule has 10 atom stereocenters. The van der Waals surface area contributed by atoms with Crippen LogP contribution in [-0.4, -0.2) is 144 Å². The molecule has 0 radical (unpaired) electrons. The second-order valence-electron chi connectivity index (χ2n) is 13.5. The third-order valence-corrected chi connectivity index (χ3v) is 8.60. The van der Waals surface area contributed by atoms with Crippen LogP contribution in [0.25, 0.3) is 0 Å². The minimum Gasteiger partial charge on any atom is -0.504 e. The fraction of sp³-hybridized carbons (Fsp3) is 0.526. The summed E-state index contributed by atoms with van der Waals surface area (Å²) in [6.07, 6.45) is -17.2. The van der Waals surface area contributed by atoms with E-state index >= 15 is 0 Å². The summed E-state index contributed by atoms with van der Waals surface area (Å²) in [6, 6.07) is 0. The predicted octanol–water partition coefficient (Wildman–Crippen LogP) is -0.0432. The Kier molecular flexibility index (Phi) is 15.6. The van der Waals surface area contributed by atoms with E-state index in [-0.39, 0.29) is 0 Å². The van der Waals surface area contributed by atoms with Crippen LogP contribution in [0.15, 0.2) is 12.2 Å². The first kappa shape index (κ1) is 47.9. The topological polar surface area (TPSA) is 322 Å². The number of hydrogen-bond acceptors (Lipinski definition) is 24. The zero-order chi connectivity index (χ0) is 46.3. The van der Waals surface area contributed by atoms with E-state index in [1.165, 1.54) is 0 Å². The third kappa shape index (κ3) is 11.5. The molecule has 2 fully saturated rings. The zero-order valence-corrected chi connectivity index (χ0v) is 34.2. The molecular weight excluding hydrogens is 840 g/mol. The quantitative estimate of drug-likeness (QED) is 0.141. The highest BCUT2D eigenvalue weighted by Crippen LogP contribution is 2.52. The SMILES string of the molecule is CC(=O)OCC1OC(Oc2c(O)c3c(c(O)c2OC2OC(COC(C)=O)C(OC(C)=O)C(OC(C)=O)C2OC(C)=O)C(=O)C=CC3=O)C(OC(C)=O)C(OC(C)=O)C1OC(C)=O. The number of phenols is 2. The highest BCUT2D eigenvalue weighted by atomic mass is 16.8. The van der Waals surface area contributed by atoms with Crippen molar-refractivity contribution in [2.45, 2.75) is 117 Å². The number of rotatable bonds is 14. The molecule has 1 aromatic rings. The molecule has 1 aromatic carbocycles. The average Bonchev–Trinajstić information content (AvgIpc) is 3.14. The van der Waals surface area contributed by atoms with Crippen molar-refractivity contribution in [2.75, 3.05) is 13.2 Å². The number of phenolic OH excluding ortho intramolecular Hbond substituents is 2. The zero-order valence-electron chi connectivity index (χ0n) is 34.2. The van der Waals surface area contributed by atoms with E-state index < -0.39 is 168 Å². The highest BCUT2D eigenvalue weighted by molar-refractivity contribution is 6.25. The van der Waals surface area contributed by atoms with Crippen molar-refractivity contribution in [1.82, 2.24) is 0 Å². The molecule has 2 saturated heterocycles. The van der Waals surface area contributed by atoms with Crippen LogP contribution in [0.3, 0.4) is 0 Å². The normalized spacial score (nSPS) is 26.4. The molecule has 3 aliphatic rings. The fourth-order valence-corrected chi connectivity index (χ4v) is 6.49. The number of aromatic hydroxyl groups is 2. The number of carbonyl (C=O) groups is 10. The number of ether oxygens (including phenoxy) is 12. The number of allylic oxidation sites excluding steroid dienone is 2. The van der Waals surface area contributed by atoms with Crippen molar-refractivity contribution in [3.63, 3.8) is 0 Å². The summed E-state index contributed by atoms with van der Waals surface area (Å²) in [4.78, 5) is 125. The molecule has 0 spiro atoms. The van der Waals surface area contributed by atoms with E-state index in [9.17, 15) is 58.2 Å². The number of hydrogen-bond donors (Lipinski definition) is 2. The van der Waals surface area contributed by atoms with Crippen molar-refractivity contribution in [3.05, 3.63) is 23.3 Å². The molecule has 62 heavy (non-hydrogen) atoms. The first-order valence-electron chi connectivity index (χ1n) is 18.3. The van der Waals surface area contributed by atoms with Crippen LogP contribution in [0.4, 0.5) is 0 Å². The Morgan fingerprint density at radius 2 is 0.726 bits per heavy atom. The lowest BCUT2D eigenvalue weighted by Gasteiger charge is -2.45. The maximum Gasteiger partial charge on any atom is 0.303 e. The van der Waals surface area contributed by atoms with Gasteiger partial charge in [0.1, 0.15) is 25.4 Å². The molecule has 0 amide bonds. The summed E-state index contributed by atoms with van der Waals surface area (Å²) in [5.74, 6) is -14.8. The van der Waals surface area contributed by atoms with Crippen molar-refractivity contribution in [3.8, 4) is 23.0 Å². The summed E-state index contributed by atoms with van der Waals surface area (Å²) in [5, 5.41) is 23.6. The van der Waals surface area contributed by atoms with Gasteiger partial charge in [0, 0.05) is 55.4 Å². The van der Waals surface area contributed by atoms with Gasteiger partial charge in [0.15, 0.2) is 47.5 Å². The van der Waals surface area contributed by atoms with Crippen LogP contribution in [0.1, 0.15) is 76.1 Å². The van der Waals surface area contributed by atoms with Gasteiger partial charge in [-0.15, -0.1) is 0 Å². The minimum absolute atomic E-state index is 0.738. The lowest BCUT2D eigenvalue weighted by molar-refractivity contribution is -0.292. The number of ketones is 2. The molecule has 2 N–H and O–H groups in total. The lowest BCUT2D eigenvalue weighted by atomic mass is 9.91. The lowest BCUT2D eigenvalue weighted by Crippen LogP contribution is -2.64. The van der Waals surface area contributed by atoms with Crippen molar-refractivity contribution in [1.29, 1.82) is 0 Å². The number of esters is 8. The first-order chi connectivity index (χ1) is 29.0. The Bertz CT molecular complexity index is 1890. The molecule has 10 unspecified atom stereocenters. The average molecular weight is 883 g/mol. The summed E-state index contributed by atoms with van der Waals surface area (Å²) in [5.41, 5.74) is -1.74. The van der Waals surface area contributed by atoms with Gasteiger partial charge in [-0.3, -0.25) is 47.9 Å². The Morgan fingerprint density at radius 3 is 1.00 bits per heavy atom. The van der Waals surface area contributed by atoms with Crippen molar-refractivity contribution in [2.24, 2.45) is 0 Å². The third-order valence-electron chi connectivity index (χ3n) is 8.60. The monoisotopic (exact) mass is 882 g/mol. The van der Waals surface area contributed by atoms with Crippen LogP contribution < -0.4 is 9.47 Å². The van der Waals surface area contributed by atoms with Gasteiger partial charge in [0.2, 0.25) is 36.3 Å². The van der Waals surface area contributed by atoms with Crippen LogP contribution in [0.2, 0.25) is 0 Å². The van der Waals surface area contributed by atoms with Gasteiger partial charge in [-0.2, -0.15) is 0 Å². The van der Waals surface area contributed by atoms with E-state index in [2.05, 4.69) is 0 Å². The van der Waals surface area contributed by atoms with Gasteiger partial charge in [0.25, 0.3) is 0 Å². The van der Waals surface area contributed by atoms with E-state index in [1.54, 1.807) is 0 Å². The van der Waals surface area contributed by atoms with Crippen LogP contribution in [-0.2, 0) is 85.7 Å². The molecule has 2 aliphatic heterocycles. The molecule has 24 heteroatoms. The van der Waals surface area contributed by atoms with Gasteiger partial charge >= 0.3 is 47.8 Å². The number of fused-ring (bicyclic) bond motifs is 1. The largest absolute Gasteiger partial charge is 0.504 e. The van der Waals surface area contributed by atoms with Gasteiger partial charge in [-0.1, -0.05) is 0 Å². The second kappa shape index (κ2) is 20.2. The molecule has 4 rings (SSSR count). The molecule has 2 heterocycles. The molecule has 0 saturated carbocycles. The standard InChI is InChI=1S/C38H42O24/c1-13(39)51-11-23-29(53-15(3)41)33(55-17(5)43)35(57-19(7)45)37(59-23)61-31-27(49)25-21(47)9-10-22(48)26(25)28(50)32(31)62-38-36(58-20(8)46)34(56-18(6)44)30(54-16(4)42)24(60-38)12-52-14(2)40/h9-10,23-24,29-30,33-38,49-50H,11-12H2,1-8H3. The summed E-state index contributed by atoms with van der Waals surface area (Å²) >= 11 is 0. The molecule has 24 nitrogen and oxygen atoms in total. The van der Waals surface area contributed by atoms with Gasteiger partial charge in [-0.25, -0.2) is 0 Å². The molecular formula is C38H42O24. The van der Waals surface area contributed by atoms with Crippen LogP contribution in [0, 0.1) is 0 Å². The summed E-state index contributed by atoms with van der Waals surface area (Å²) < 4.78 is 66.4. The predicted molar refractivity (Wildman–Crippen MR) is 193 cm³/mol. The Balaban J connectivity index is 2.00. The first-order valence-corrected chi connectivity index (χ1v) is 18.3. The number of benzene rings is 1. The van der Waals surface area contributed by atoms with Crippen molar-refractivity contribution >= 4 is 59.3 Å². The molecule has 0 bridgehead atoms. The maximum absolute atomic E-state index is 13.2. The van der Waals surface area contributed by atoms with Gasteiger partial charge in [-0.05, 0) is 12.2 Å². The molecule has 1 aliphatic carbocycles. The Morgan fingerprint density at radius 1 is 0.452 bits per heavy atom. The summed E-state index contributed by atoms with van der Waals surface area (Å²) in [6.45, 7) is 6.16. The highest BCUT2D eigenvalue weighted by Gasteiger charge is 2.56. The van der Waals surface area contributed by atoms with E-state index in [0.717, 1.165) is 67.5 Å². The molecule has 338 valence electrons. The molecule has 0 aromatic heterocycles. The smallest absolute Gasteiger partial charge is 0.303 e. The van der Waals surface area contributed by atoms with Gasteiger partial charge in [0.05, 0.1) is 11.1 Å². The minimum atomic E-state index is -2.18. The van der Waals surface area contributed by atoms with Gasteiger partial charge < -0.3 is 67.1 Å². The van der Waals surface area contributed by atoms with E-state index in [0.29, 0.717) is 0 Å². The van der Waals surface area contributed by atoms with Crippen LogP contribution in [0.5, 0.6) is 23.0 Å². The fourth-order valence-electron chi connectivity index (χ4n) is 6.49. The second-order valence-corrected chi connectivity index (χ2v) is 13.5. The number of carbonyl (C=O) groups excluding carboxylic acids is 10. The van der Waals surface area contributed by atoms with E-state index in [4.69, 9.17) is 56.8 Å². The van der Waals surface area contributed by atoms with Crippen LogP contribution >= 0.6 is 0 Å². The van der Waals surface area contributed by atoms with Crippen molar-refractivity contribution < 1.29 is 115 Å². The Hall–Kier alpha value is -6.82. The summed E-state index contributed by atoms with van der Waals surface area (Å²) in [7, 11) is 0.